The third-order valence-corrected chi connectivity index (χ3v) is 3.85. The zero-order chi connectivity index (χ0) is 13.2. The van der Waals surface area contributed by atoms with Crippen LogP contribution in [0.5, 0.6) is 0 Å². The van der Waals surface area contributed by atoms with Crippen molar-refractivity contribution in [3.63, 3.8) is 0 Å². The first kappa shape index (κ1) is 12.4. The Kier molecular flexibility index (Phi) is 3.38. The molecule has 5 heteroatoms. The number of pyridine rings is 1. The fourth-order valence-electron chi connectivity index (χ4n) is 2.85. The minimum absolute atomic E-state index is 0.165. The number of rotatable bonds is 3. The van der Waals surface area contributed by atoms with Gasteiger partial charge in [0, 0.05) is 24.5 Å². The Morgan fingerprint density at radius 2 is 2.37 bits per heavy atom. The van der Waals surface area contributed by atoms with Crippen molar-refractivity contribution in [2.24, 2.45) is 0 Å². The SMILES string of the molecule is CCn1ncc2c(N[C@H]3CCC[C@H](O)C3)ccnc21. The molecule has 0 radical (unpaired) electrons. The number of aromatic nitrogens is 3. The van der Waals surface area contributed by atoms with E-state index in [0.29, 0.717) is 6.04 Å². The van der Waals surface area contributed by atoms with Crippen LogP contribution in [0.15, 0.2) is 18.5 Å². The van der Waals surface area contributed by atoms with Gasteiger partial charge >= 0.3 is 0 Å². The predicted molar refractivity (Wildman–Crippen MR) is 75.1 cm³/mol. The number of aryl methyl sites for hydroxylation is 1. The Balaban J connectivity index is 1.86. The second-order valence-corrected chi connectivity index (χ2v) is 5.22. The van der Waals surface area contributed by atoms with Crippen molar-refractivity contribution in [1.29, 1.82) is 0 Å². The van der Waals surface area contributed by atoms with E-state index < -0.39 is 0 Å². The summed E-state index contributed by atoms with van der Waals surface area (Å²) in [6.07, 6.45) is 7.47. The highest BCUT2D eigenvalue weighted by molar-refractivity contribution is 5.88. The Labute approximate surface area is 112 Å². The Hall–Kier alpha value is -1.62. The maximum atomic E-state index is 9.74. The zero-order valence-corrected chi connectivity index (χ0v) is 11.2. The van der Waals surface area contributed by atoms with E-state index >= 15 is 0 Å². The Bertz CT molecular complexity index is 566. The second-order valence-electron chi connectivity index (χ2n) is 5.22. The van der Waals surface area contributed by atoms with Crippen LogP contribution in [0.4, 0.5) is 5.69 Å². The van der Waals surface area contributed by atoms with Gasteiger partial charge in [0.2, 0.25) is 0 Å². The Morgan fingerprint density at radius 3 is 3.16 bits per heavy atom. The van der Waals surface area contributed by atoms with Crippen LogP contribution in [0, 0.1) is 0 Å². The molecule has 1 saturated carbocycles. The van der Waals surface area contributed by atoms with Crippen molar-refractivity contribution < 1.29 is 5.11 Å². The number of aliphatic hydroxyl groups is 1. The molecule has 102 valence electrons. The summed E-state index contributed by atoms with van der Waals surface area (Å²) in [5.41, 5.74) is 1.99. The maximum Gasteiger partial charge on any atom is 0.159 e. The van der Waals surface area contributed by atoms with Gasteiger partial charge in [0.1, 0.15) is 0 Å². The van der Waals surface area contributed by atoms with E-state index in [4.69, 9.17) is 0 Å². The van der Waals surface area contributed by atoms with Gasteiger partial charge in [0.15, 0.2) is 5.65 Å². The fraction of sp³-hybridized carbons (Fsp3) is 0.571. The Morgan fingerprint density at radius 1 is 1.47 bits per heavy atom. The normalized spacial score (nSPS) is 23.7. The lowest BCUT2D eigenvalue weighted by molar-refractivity contribution is 0.124. The van der Waals surface area contributed by atoms with Gasteiger partial charge in [-0.15, -0.1) is 0 Å². The molecule has 0 unspecified atom stereocenters. The molecule has 1 fully saturated rings. The molecule has 0 amide bonds. The topological polar surface area (TPSA) is 63.0 Å². The molecule has 0 aromatic carbocycles. The summed E-state index contributed by atoms with van der Waals surface area (Å²) in [4.78, 5) is 4.39. The van der Waals surface area contributed by atoms with Crippen molar-refractivity contribution in [3.05, 3.63) is 18.5 Å². The summed E-state index contributed by atoms with van der Waals surface area (Å²) in [7, 11) is 0. The first-order valence-corrected chi connectivity index (χ1v) is 7.03. The average molecular weight is 260 g/mol. The van der Waals surface area contributed by atoms with E-state index in [1.54, 1.807) is 0 Å². The van der Waals surface area contributed by atoms with Gasteiger partial charge in [0.25, 0.3) is 0 Å². The number of nitrogens with zero attached hydrogens (tertiary/aromatic N) is 3. The minimum Gasteiger partial charge on any atom is -0.393 e. The van der Waals surface area contributed by atoms with Crippen LogP contribution in [-0.2, 0) is 6.54 Å². The van der Waals surface area contributed by atoms with Gasteiger partial charge in [-0.1, -0.05) is 0 Å². The summed E-state index contributed by atoms with van der Waals surface area (Å²) in [5, 5.41) is 18.7. The summed E-state index contributed by atoms with van der Waals surface area (Å²) < 4.78 is 1.90. The van der Waals surface area contributed by atoms with E-state index in [-0.39, 0.29) is 6.10 Å². The lowest BCUT2D eigenvalue weighted by atomic mass is 9.93. The quantitative estimate of drug-likeness (QED) is 0.887. The molecule has 5 nitrogen and oxygen atoms in total. The fourth-order valence-corrected chi connectivity index (χ4v) is 2.85. The van der Waals surface area contributed by atoms with E-state index in [0.717, 1.165) is 48.9 Å². The van der Waals surface area contributed by atoms with Gasteiger partial charge in [-0.05, 0) is 38.7 Å². The van der Waals surface area contributed by atoms with Crippen LogP contribution in [0.2, 0.25) is 0 Å². The predicted octanol–water partition coefficient (Wildman–Crippen LogP) is 2.17. The van der Waals surface area contributed by atoms with E-state index in [9.17, 15) is 5.11 Å². The van der Waals surface area contributed by atoms with Crippen LogP contribution in [0.1, 0.15) is 32.6 Å². The molecule has 0 spiro atoms. The van der Waals surface area contributed by atoms with Gasteiger partial charge in [-0.25, -0.2) is 9.67 Å². The first-order valence-electron chi connectivity index (χ1n) is 7.03. The molecule has 2 N–H and O–H groups in total. The largest absolute Gasteiger partial charge is 0.393 e. The molecule has 1 aliphatic rings. The maximum absolute atomic E-state index is 9.74. The average Bonchev–Trinajstić information content (AvgIpc) is 2.83. The van der Waals surface area contributed by atoms with Crippen LogP contribution >= 0.6 is 0 Å². The van der Waals surface area contributed by atoms with Gasteiger partial charge < -0.3 is 10.4 Å². The number of aliphatic hydroxyl groups excluding tert-OH is 1. The highest BCUT2D eigenvalue weighted by atomic mass is 16.3. The lowest BCUT2D eigenvalue weighted by Crippen LogP contribution is -2.29. The van der Waals surface area contributed by atoms with Crippen molar-refractivity contribution in [2.75, 3.05) is 5.32 Å². The summed E-state index contributed by atoms with van der Waals surface area (Å²) in [5.74, 6) is 0. The molecular formula is C14H20N4O. The monoisotopic (exact) mass is 260 g/mol. The molecule has 3 rings (SSSR count). The highest BCUT2D eigenvalue weighted by Crippen LogP contribution is 2.26. The molecular weight excluding hydrogens is 240 g/mol. The van der Waals surface area contributed by atoms with Crippen molar-refractivity contribution in [2.45, 2.75) is 51.3 Å². The van der Waals surface area contributed by atoms with Crippen molar-refractivity contribution >= 4 is 16.7 Å². The molecule has 2 aromatic rings. The molecule has 19 heavy (non-hydrogen) atoms. The summed E-state index contributed by atoms with van der Waals surface area (Å²) in [6, 6.07) is 2.34. The molecule has 1 aliphatic carbocycles. The smallest absolute Gasteiger partial charge is 0.159 e. The number of hydrogen-bond donors (Lipinski definition) is 2. The number of anilines is 1. The van der Waals surface area contributed by atoms with Crippen LogP contribution < -0.4 is 5.32 Å². The molecule has 0 bridgehead atoms. The zero-order valence-electron chi connectivity index (χ0n) is 11.2. The van der Waals surface area contributed by atoms with E-state index in [1.165, 1.54) is 0 Å². The molecule has 0 aliphatic heterocycles. The molecule has 2 heterocycles. The third-order valence-electron chi connectivity index (χ3n) is 3.85. The lowest BCUT2D eigenvalue weighted by Gasteiger charge is -2.27. The van der Waals surface area contributed by atoms with E-state index in [2.05, 4.69) is 22.3 Å². The van der Waals surface area contributed by atoms with Crippen molar-refractivity contribution in [1.82, 2.24) is 14.8 Å². The number of nitrogens with one attached hydrogen (secondary N) is 1. The van der Waals surface area contributed by atoms with Gasteiger partial charge in [-0.2, -0.15) is 5.10 Å². The standard InChI is InChI=1S/C14H20N4O/c1-2-18-14-12(9-16-18)13(6-7-15-14)17-10-4-3-5-11(19)8-10/h6-7,9-11,19H,2-5,8H2,1H3,(H,15,17)/t10-,11-/m0/s1. The summed E-state index contributed by atoms with van der Waals surface area (Å²) in [6.45, 7) is 2.88. The highest BCUT2D eigenvalue weighted by Gasteiger charge is 2.20. The van der Waals surface area contributed by atoms with Gasteiger partial charge in [0.05, 0.1) is 17.7 Å². The second kappa shape index (κ2) is 5.17. The molecule has 2 aromatic heterocycles. The van der Waals surface area contributed by atoms with Gasteiger partial charge in [-0.3, -0.25) is 0 Å². The van der Waals surface area contributed by atoms with E-state index in [1.807, 2.05) is 23.1 Å². The van der Waals surface area contributed by atoms with Crippen LogP contribution in [-0.4, -0.2) is 32.0 Å². The van der Waals surface area contributed by atoms with Crippen LogP contribution in [0.3, 0.4) is 0 Å². The minimum atomic E-state index is -0.165. The molecule has 0 saturated heterocycles. The number of fused-ring (bicyclic) bond motifs is 1. The number of hydrogen-bond acceptors (Lipinski definition) is 4. The summed E-state index contributed by atoms with van der Waals surface area (Å²) >= 11 is 0. The third kappa shape index (κ3) is 2.42. The molecule has 2 atom stereocenters. The van der Waals surface area contributed by atoms with Crippen molar-refractivity contribution in [3.8, 4) is 0 Å². The first-order chi connectivity index (χ1) is 9.28. The van der Waals surface area contributed by atoms with Crippen LogP contribution in [0.25, 0.3) is 11.0 Å².